The van der Waals surface area contributed by atoms with Gasteiger partial charge in [0, 0.05) is 5.41 Å². The molecule has 0 radical (unpaired) electrons. The molecular weight excluding hydrogens is 228 g/mol. The summed E-state index contributed by atoms with van der Waals surface area (Å²) in [7, 11) is 0. The van der Waals surface area contributed by atoms with Crippen molar-refractivity contribution in [2.45, 2.75) is 19.3 Å². The highest BCUT2D eigenvalue weighted by Gasteiger charge is 2.35. The summed E-state index contributed by atoms with van der Waals surface area (Å²) in [6, 6.07) is 13.2. The zero-order valence-electron chi connectivity index (χ0n) is 11.5. The van der Waals surface area contributed by atoms with Crippen LogP contribution in [0.5, 0.6) is 0 Å². The van der Waals surface area contributed by atoms with Gasteiger partial charge >= 0.3 is 0 Å². The predicted molar refractivity (Wildman–Crippen MR) is 84.2 cm³/mol. The van der Waals surface area contributed by atoms with Gasteiger partial charge < -0.3 is 0 Å². The van der Waals surface area contributed by atoms with Crippen molar-refractivity contribution < 1.29 is 0 Å². The van der Waals surface area contributed by atoms with E-state index < -0.39 is 0 Å². The van der Waals surface area contributed by atoms with Crippen LogP contribution < -0.4 is 0 Å². The number of hydrogen-bond acceptors (Lipinski definition) is 0. The largest absolute Gasteiger partial charge is 0.0984 e. The second-order valence-electron chi connectivity index (χ2n) is 5.61. The Labute approximate surface area is 115 Å². The Morgan fingerprint density at radius 2 is 1.47 bits per heavy atom. The number of hydrogen-bond donors (Lipinski definition) is 0. The van der Waals surface area contributed by atoms with Gasteiger partial charge in [0.1, 0.15) is 0 Å². The summed E-state index contributed by atoms with van der Waals surface area (Å²) in [4.78, 5) is 0. The predicted octanol–water partition coefficient (Wildman–Crippen LogP) is 5.28. The third-order valence-electron chi connectivity index (χ3n) is 4.23. The van der Waals surface area contributed by atoms with Crippen molar-refractivity contribution in [3.05, 3.63) is 71.8 Å². The van der Waals surface area contributed by atoms with E-state index in [0.29, 0.717) is 0 Å². The molecule has 0 spiro atoms. The van der Waals surface area contributed by atoms with Crippen LogP contribution in [0.4, 0.5) is 0 Å². The molecule has 2 aromatic rings. The van der Waals surface area contributed by atoms with Gasteiger partial charge in [0.15, 0.2) is 0 Å². The smallest absolute Gasteiger partial charge is 0.0159 e. The van der Waals surface area contributed by atoms with E-state index in [4.69, 9.17) is 0 Å². The molecule has 0 bridgehead atoms. The van der Waals surface area contributed by atoms with E-state index in [0.717, 1.165) is 11.1 Å². The molecule has 19 heavy (non-hydrogen) atoms. The maximum Gasteiger partial charge on any atom is 0.0159 e. The van der Waals surface area contributed by atoms with E-state index in [1.54, 1.807) is 0 Å². The highest BCUT2D eigenvalue weighted by Crippen LogP contribution is 2.49. The average molecular weight is 246 g/mol. The summed E-state index contributed by atoms with van der Waals surface area (Å²) >= 11 is 0. The van der Waals surface area contributed by atoms with Crippen molar-refractivity contribution >= 4 is 12.2 Å². The lowest BCUT2D eigenvalue weighted by Crippen LogP contribution is -2.15. The van der Waals surface area contributed by atoms with Gasteiger partial charge in [0.25, 0.3) is 0 Å². The lowest BCUT2D eigenvalue weighted by Gasteiger charge is -2.22. The lowest BCUT2D eigenvalue weighted by atomic mass is 9.81. The molecular formula is C19H18. The van der Waals surface area contributed by atoms with Gasteiger partial charge in [0.05, 0.1) is 0 Å². The topological polar surface area (TPSA) is 0 Å². The third-order valence-corrected chi connectivity index (χ3v) is 4.23. The Balaban J connectivity index is 2.39. The van der Waals surface area contributed by atoms with Crippen LogP contribution in [0.15, 0.2) is 49.6 Å². The summed E-state index contributed by atoms with van der Waals surface area (Å²) in [6.07, 6.45) is 3.82. The second-order valence-corrected chi connectivity index (χ2v) is 5.61. The molecule has 0 N–H and O–H groups in total. The molecule has 0 saturated heterocycles. The zero-order valence-corrected chi connectivity index (χ0v) is 11.5. The molecule has 0 heteroatoms. The van der Waals surface area contributed by atoms with Gasteiger partial charge in [-0.3, -0.25) is 0 Å². The summed E-state index contributed by atoms with van der Waals surface area (Å²) < 4.78 is 0. The summed E-state index contributed by atoms with van der Waals surface area (Å²) in [5.74, 6) is 0. The lowest BCUT2D eigenvalue weighted by molar-refractivity contribution is 0.660. The van der Waals surface area contributed by atoms with Gasteiger partial charge in [-0.1, -0.05) is 63.4 Å². The standard InChI is InChI=1S/C19H18/c1-5-13-11-16-15-9-7-8-10-17(15)19(3,4)18(16)12-14(13)6-2/h5-12H,1-2H2,3-4H3. The van der Waals surface area contributed by atoms with Gasteiger partial charge in [-0.15, -0.1) is 0 Å². The molecule has 1 aliphatic carbocycles. The molecule has 0 saturated carbocycles. The first kappa shape index (κ1) is 12.0. The number of benzene rings is 2. The van der Waals surface area contributed by atoms with Crippen LogP contribution in [0.25, 0.3) is 23.3 Å². The second kappa shape index (κ2) is 3.96. The van der Waals surface area contributed by atoms with E-state index in [-0.39, 0.29) is 5.41 Å². The first-order chi connectivity index (χ1) is 9.09. The van der Waals surface area contributed by atoms with E-state index >= 15 is 0 Å². The summed E-state index contributed by atoms with van der Waals surface area (Å²) in [5.41, 5.74) is 7.84. The van der Waals surface area contributed by atoms with Gasteiger partial charge in [0.2, 0.25) is 0 Å². The average Bonchev–Trinajstić information content (AvgIpc) is 2.66. The fraction of sp³-hybridized carbons (Fsp3) is 0.158. The molecule has 3 rings (SSSR count). The van der Waals surface area contributed by atoms with Crippen LogP contribution in [0.1, 0.15) is 36.1 Å². The molecule has 0 fully saturated rings. The van der Waals surface area contributed by atoms with Gasteiger partial charge in [-0.2, -0.15) is 0 Å². The Bertz CT molecular complexity index is 687. The molecule has 0 unspecified atom stereocenters. The number of rotatable bonds is 2. The summed E-state index contributed by atoms with van der Waals surface area (Å²) in [6.45, 7) is 12.4. The Morgan fingerprint density at radius 1 is 0.842 bits per heavy atom. The maximum absolute atomic E-state index is 3.91. The van der Waals surface area contributed by atoms with Crippen molar-refractivity contribution in [2.75, 3.05) is 0 Å². The van der Waals surface area contributed by atoms with E-state index in [2.05, 4.69) is 63.4 Å². The van der Waals surface area contributed by atoms with Crippen molar-refractivity contribution in [2.24, 2.45) is 0 Å². The molecule has 0 atom stereocenters. The molecule has 0 aliphatic heterocycles. The molecule has 1 aliphatic rings. The Kier molecular flexibility index (Phi) is 2.50. The van der Waals surface area contributed by atoms with Gasteiger partial charge in [-0.25, -0.2) is 0 Å². The molecule has 94 valence electrons. The highest BCUT2D eigenvalue weighted by atomic mass is 14.4. The van der Waals surface area contributed by atoms with Crippen molar-refractivity contribution in [3.8, 4) is 11.1 Å². The molecule has 0 amide bonds. The number of fused-ring (bicyclic) bond motifs is 3. The van der Waals surface area contributed by atoms with Crippen molar-refractivity contribution in [1.29, 1.82) is 0 Å². The van der Waals surface area contributed by atoms with Crippen LogP contribution in [0.2, 0.25) is 0 Å². The first-order valence-electron chi connectivity index (χ1n) is 6.63. The summed E-state index contributed by atoms with van der Waals surface area (Å²) in [5, 5.41) is 0. The highest BCUT2D eigenvalue weighted by molar-refractivity contribution is 5.84. The Morgan fingerprint density at radius 3 is 2.16 bits per heavy atom. The Hall–Kier alpha value is -2.08. The fourth-order valence-electron chi connectivity index (χ4n) is 3.13. The third kappa shape index (κ3) is 1.53. The van der Waals surface area contributed by atoms with E-state index in [9.17, 15) is 0 Å². The van der Waals surface area contributed by atoms with Crippen LogP contribution in [-0.4, -0.2) is 0 Å². The molecule has 0 nitrogen and oxygen atoms in total. The van der Waals surface area contributed by atoms with Crippen molar-refractivity contribution in [3.63, 3.8) is 0 Å². The minimum Gasteiger partial charge on any atom is -0.0984 e. The maximum atomic E-state index is 3.91. The van der Waals surface area contributed by atoms with E-state index in [1.807, 2.05) is 12.2 Å². The molecule has 0 heterocycles. The van der Waals surface area contributed by atoms with Crippen LogP contribution in [0.3, 0.4) is 0 Å². The SMILES string of the molecule is C=Cc1cc2c(cc1C=C)C(C)(C)c1ccccc1-2. The monoisotopic (exact) mass is 246 g/mol. The minimum absolute atomic E-state index is 0.0589. The van der Waals surface area contributed by atoms with Crippen LogP contribution in [0, 0.1) is 0 Å². The van der Waals surface area contributed by atoms with Crippen molar-refractivity contribution in [1.82, 2.24) is 0 Å². The molecule has 0 aromatic heterocycles. The first-order valence-corrected chi connectivity index (χ1v) is 6.63. The normalized spacial score (nSPS) is 14.6. The minimum atomic E-state index is 0.0589. The van der Waals surface area contributed by atoms with E-state index in [1.165, 1.54) is 22.3 Å². The molecule has 2 aromatic carbocycles. The quantitative estimate of drug-likeness (QED) is 0.676. The van der Waals surface area contributed by atoms with Crippen LogP contribution in [-0.2, 0) is 5.41 Å². The van der Waals surface area contributed by atoms with Crippen LogP contribution >= 0.6 is 0 Å². The fourth-order valence-corrected chi connectivity index (χ4v) is 3.13. The van der Waals surface area contributed by atoms with Gasteiger partial charge in [-0.05, 0) is 45.5 Å². The zero-order chi connectivity index (χ0) is 13.6.